The summed E-state index contributed by atoms with van der Waals surface area (Å²) in [5, 5.41) is 4.06. The molecule has 112 valence electrons. The molecule has 1 saturated heterocycles. The number of benzene rings is 1. The molecule has 2 heterocycles. The number of hydrogen-bond acceptors (Lipinski definition) is 6. The first-order chi connectivity index (χ1) is 10.4. The van der Waals surface area contributed by atoms with Gasteiger partial charge in [-0.25, -0.2) is 0 Å². The summed E-state index contributed by atoms with van der Waals surface area (Å²) in [5.41, 5.74) is 0.920. The van der Waals surface area contributed by atoms with Crippen LogP contribution >= 0.6 is 0 Å². The first kappa shape index (κ1) is 14.2. The summed E-state index contributed by atoms with van der Waals surface area (Å²) in [6.45, 7) is 3.94. The summed E-state index contributed by atoms with van der Waals surface area (Å²) in [7, 11) is 1.71. The van der Waals surface area contributed by atoms with Crippen molar-refractivity contribution in [1.29, 1.82) is 0 Å². The number of rotatable bonds is 5. The predicted octanol–water partition coefficient (Wildman–Crippen LogP) is 1.76. The monoisotopic (exact) mass is 289 g/mol. The van der Waals surface area contributed by atoms with Gasteiger partial charge >= 0.3 is 0 Å². The lowest BCUT2D eigenvalue weighted by molar-refractivity contribution is -0.0404. The van der Waals surface area contributed by atoms with Crippen molar-refractivity contribution in [2.45, 2.75) is 6.10 Å². The lowest BCUT2D eigenvalue weighted by atomic mass is 10.2. The lowest BCUT2D eigenvalue weighted by Crippen LogP contribution is -2.40. The van der Waals surface area contributed by atoms with E-state index in [2.05, 4.69) is 15.0 Å². The van der Waals surface area contributed by atoms with Crippen LogP contribution in [0, 0.1) is 0 Å². The van der Waals surface area contributed by atoms with Crippen LogP contribution < -0.4 is 0 Å². The quantitative estimate of drug-likeness (QED) is 0.836. The van der Waals surface area contributed by atoms with Crippen LogP contribution in [0.2, 0.25) is 0 Å². The highest BCUT2D eigenvalue weighted by Crippen LogP contribution is 2.23. The zero-order valence-corrected chi connectivity index (χ0v) is 12.1. The van der Waals surface area contributed by atoms with Crippen LogP contribution in [0.3, 0.4) is 0 Å². The van der Waals surface area contributed by atoms with Gasteiger partial charge in [0.1, 0.15) is 6.10 Å². The highest BCUT2D eigenvalue weighted by Gasteiger charge is 2.26. The van der Waals surface area contributed by atoms with Gasteiger partial charge in [-0.15, -0.1) is 0 Å². The molecule has 1 aliphatic heterocycles. The maximum absolute atomic E-state index is 5.76. The average molecular weight is 289 g/mol. The lowest BCUT2D eigenvalue weighted by Gasteiger charge is -2.30. The first-order valence-corrected chi connectivity index (χ1v) is 7.09. The minimum Gasteiger partial charge on any atom is -0.383 e. The van der Waals surface area contributed by atoms with E-state index in [1.165, 1.54) is 0 Å². The summed E-state index contributed by atoms with van der Waals surface area (Å²) in [6.07, 6.45) is -0.142. The van der Waals surface area contributed by atoms with Gasteiger partial charge in [0.05, 0.1) is 13.2 Å². The Bertz CT molecular complexity index is 558. The summed E-state index contributed by atoms with van der Waals surface area (Å²) in [6, 6.07) is 9.75. The highest BCUT2D eigenvalue weighted by molar-refractivity contribution is 5.52. The number of ether oxygens (including phenoxy) is 2. The molecule has 0 N–H and O–H groups in total. The van der Waals surface area contributed by atoms with Crippen LogP contribution in [0.4, 0.5) is 0 Å². The molecule has 0 bridgehead atoms. The smallest absolute Gasteiger partial charge is 0.258 e. The van der Waals surface area contributed by atoms with Crippen LogP contribution in [0.25, 0.3) is 11.5 Å². The number of aromatic nitrogens is 2. The Morgan fingerprint density at radius 2 is 2.19 bits per heavy atom. The van der Waals surface area contributed by atoms with E-state index in [-0.39, 0.29) is 6.10 Å². The Kier molecular flexibility index (Phi) is 4.59. The van der Waals surface area contributed by atoms with Crippen LogP contribution in [0.15, 0.2) is 34.9 Å². The van der Waals surface area contributed by atoms with E-state index in [9.17, 15) is 0 Å². The molecule has 0 saturated carbocycles. The molecule has 3 rings (SSSR count). The van der Waals surface area contributed by atoms with Crippen molar-refractivity contribution in [3.63, 3.8) is 0 Å². The zero-order chi connectivity index (χ0) is 14.5. The normalized spacial score (nSPS) is 19.8. The third-order valence-electron chi connectivity index (χ3n) is 3.51. The third-order valence-corrected chi connectivity index (χ3v) is 3.51. The van der Waals surface area contributed by atoms with Crippen LogP contribution in [-0.2, 0) is 9.47 Å². The summed E-state index contributed by atoms with van der Waals surface area (Å²) in [5.74, 6) is 1.14. The fourth-order valence-electron chi connectivity index (χ4n) is 2.35. The van der Waals surface area contributed by atoms with Gasteiger partial charge in [-0.2, -0.15) is 4.98 Å². The van der Waals surface area contributed by atoms with Gasteiger partial charge < -0.3 is 14.0 Å². The van der Waals surface area contributed by atoms with Gasteiger partial charge in [0.15, 0.2) is 0 Å². The Labute approximate surface area is 123 Å². The maximum Gasteiger partial charge on any atom is 0.258 e. The van der Waals surface area contributed by atoms with E-state index in [0.29, 0.717) is 24.9 Å². The minimum atomic E-state index is -0.142. The molecule has 1 aliphatic rings. The fourth-order valence-corrected chi connectivity index (χ4v) is 2.35. The zero-order valence-electron chi connectivity index (χ0n) is 12.1. The van der Waals surface area contributed by atoms with Gasteiger partial charge in [-0.05, 0) is 12.1 Å². The molecule has 6 nitrogen and oxygen atoms in total. The molecule has 0 radical (unpaired) electrons. The van der Waals surface area contributed by atoms with Crippen molar-refractivity contribution in [2.24, 2.45) is 0 Å². The van der Waals surface area contributed by atoms with Crippen LogP contribution in [-0.4, -0.2) is 55.0 Å². The number of nitrogens with zero attached hydrogens (tertiary/aromatic N) is 3. The van der Waals surface area contributed by atoms with Crippen molar-refractivity contribution in [1.82, 2.24) is 15.0 Å². The Hall–Kier alpha value is -1.76. The van der Waals surface area contributed by atoms with Crippen molar-refractivity contribution < 1.29 is 14.0 Å². The summed E-state index contributed by atoms with van der Waals surface area (Å²) in [4.78, 5) is 6.75. The average Bonchev–Trinajstić information content (AvgIpc) is 3.04. The second-order valence-electron chi connectivity index (χ2n) is 4.98. The maximum atomic E-state index is 5.76. The molecular formula is C15H19N3O3. The predicted molar refractivity (Wildman–Crippen MR) is 76.7 cm³/mol. The Morgan fingerprint density at radius 3 is 3.00 bits per heavy atom. The number of methoxy groups -OCH3 is 1. The molecule has 1 aromatic heterocycles. The number of morpholine rings is 1. The molecule has 1 atom stereocenters. The Morgan fingerprint density at radius 1 is 1.33 bits per heavy atom. The van der Waals surface area contributed by atoms with Crippen molar-refractivity contribution in [3.8, 4) is 11.5 Å². The molecule has 6 heteroatoms. The van der Waals surface area contributed by atoms with Gasteiger partial charge in [0.2, 0.25) is 5.82 Å². The molecule has 0 spiro atoms. The van der Waals surface area contributed by atoms with Gasteiger partial charge in [0.25, 0.3) is 5.89 Å². The van der Waals surface area contributed by atoms with Gasteiger partial charge in [-0.1, -0.05) is 23.4 Å². The van der Waals surface area contributed by atoms with Gasteiger partial charge in [-0.3, -0.25) is 4.90 Å². The van der Waals surface area contributed by atoms with E-state index in [4.69, 9.17) is 14.0 Å². The Balaban J connectivity index is 1.68. The molecular weight excluding hydrogens is 270 g/mol. The largest absolute Gasteiger partial charge is 0.383 e. The molecule has 1 fully saturated rings. The molecule has 0 amide bonds. The van der Waals surface area contributed by atoms with Gasteiger partial charge in [0, 0.05) is 32.3 Å². The number of hydrogen-bond donors (Lipinski definition) is 0. The molecule has 1 aromatic carbocycles. The molecule has 2 aromatic rings. The first-order valence-electron chi connectivity index (χ1n) is 7.09. The van der Waals surface area contributed by atoms with Crippen molar-refractivity contribution >= 4 is 0 Å². The van der Waals surface area contributed by atoms with Crippen molar-refractivity contribution in [2.75, 3.05) is 40.0 Å². The standard InChI is InChI=1S/C15H19N3O3/c1-19-9-7-18-8-10-20-13(11-18)14-16-15(21-17-14)12-5-3-2-4-6-12/h2-6,13H,7-11H2,1H3/t13-/m0/s1. The van der Waals surface area contributed by atoms with E-state index in [0.717, 1.165) is 25.2 Å². The third kappa shape index (κ3) is 3.47. The fraction of sp³-hybridized carbons (Fsp3) is 0.467. The summed E-state index contributed by atoms with van der Waals surface area (Å²) < 4.78 is 16.2. The summed E-state index contributed by atoms with van der Waals surface area (Å²) >= 11 is 0. The molecule has 0 aliphatic carbocycles. The molecule has 21 heavy (non-hydrogen) atoms. The van der Waals surface area contributed by atoms with Crippen LogP contribution in [0.1, 0.15) is 11.9 Å². The second-order valence-corrected chi connectivity index (χ2v) is 4.98. The SMILES string of the molecule is COCCN1CCO[C@H](c2noc(-c3ccccc3)n2)C1. The minimum absolute atomic E-state index is 0.142. The van der Waals surface area contributed by atoms with Crippen LogP contribution in [0.5, 0.6) is 0 Å². The topological polar surface area (TPSA) is 60.6 Å². The van der Waals surface area contributed by atoms with E-state index in [1.807, 2.05) is 30.3 Å². The van der Waals surface area contributed by atoms with E-state index in [1.54, 1.807) is 7.11 Å². The second kappa shape index (κ2) is 6.80. The van der Waals surface area contributed by atoms with E-state index >= 15 is 0 Å². The van der Waals surface area contributed by atoms with Crippen molar-refractivity contribution in [3.05, 3.63) is 36.2 Å². The highest BCUT2D eigenvalue weighted by atomic mass is 16.5. The molecule has 0 unspecified atom stereocenters. The van der Waals surface area contributed by atoms with E-state index < -0.39 is 0 Å².